The van der Waals surface area contributed by atoms with Crippen LogP contribution in [0.1, 0.15) is 10.4 Å². The summed E-state index contributed by atoms with van der Waals surface area (Å²) < 4.78 is 7.73. The van der Waals surface area contributed by atoms with Gasteiger partial charge in [-0.15, -0.1) is 5.10 Å². The maximum atomic E-state index is 12.0. The normalized spacial score (nSPS) is 10.3. The van der Waals surface area contributed by atoms with Gasteiger partial charge in [-0.3, -0.25) is 0 Å². The molecule has 0 radical (unpaired) electrons. The zero-order valence-corrected chi connectivity index (χ0v) is 12.3. The zero-order chi connectivity index (χ0) is 14.7. The predicted octanol–water partition coefficient (Wildman–Crippen LogP) is 2.64. The van der Waals surface area contributed by atoms with Crippen molar-refractivity contribution in [2.75, 3.05) is 0 Å². The van der Waals surface area contributed by atoms with Crippen LogP contribution >= 0.6 is 15.9 Å². The lowest BCUT2D eigenvalue weighted by atomic mass is 10.2. The van der Waals surface area contributed by atoms with E-state index in [0.717, 1.165) is 4.47 Å². The van der Waals surface area contributed by atoms with Crippen molar-refractivity contribution in [3.05, 3.63) is 64.9 Å². The number of rotatable bonds is 3. The van der Waals surface area contributed by atoms with E-state index in [1.165, 1.54) is 11.0 Å². The molecule has 0 fully saturated rings. The molecule has 0 saturated heterocycles. The van der Waals surface area contributed by atoms with E-state index in [1.54, 1.807) is 42.5 Å². The third-order valence-electron chi connectivity index (χ3n) is 2.72. The highest BCUT2D eigenvalue weighted by atomic mass is 79.9. The third-order valence-corrected chi connectivity index (χ3v) is 3.25. The number of hydrogen-bond donors (Lipinski definition) is 0. The molecule has 0 N–H and O–H groups in total. The number of ether oxygens (including phenoxy) is 1. The van der Waals surface area contributed by atoms with Crippen molar-refractivity contribution in [1.82, 2.24) is 20.2 Å². The van der Waals surface area contributed by atoms with Gasteiger partial charge in [0.15, 0.2) is 0 Å². The van der Waals surface area contributed by atoms with E-state index in [9.17, 15) is 4.79 Å². The van der Waals surface area contributed by atoms with E-state index in [0.29, 0.717) is 17.0 Å². The van der Waals surface area contributed by atoms with E-state index in [-0.39, 0.29) is 0 Å². The van der Waals surface area contributed by atoms with Crippen molar-refractivity contribution in [2.24, 2.45) is 0 Å². The van der Waals surface area contributed by atoms with Gasteiger partial charge in [-0.1, -0.05) is 22.0 Å². The van der Waals surface area contributed by atoms with Gasteiger partial charge in [0.25, 0.3) is 0 Å². The van der Waals surface area contributed by atoms with Gasteiger partial charge in [-0.25, -0.2) is 9.48 Å². The quantitative estimate of drug-likeness (QED) is 0.539. The van der Waals surface area contributed by atoms with Crippen molar-refractivity contribution in [3.8, 4) is 11.4 Å². The second kappa shape index (κ2) is 5.84. The van der Waals surface area contributed by atoms with Gasteiger partial charge in [0, 0.05) is 10.5 Å². The van der Waals surface area contributed by atoms with Gasteiger partial charge >= 0.3 is 5.97 Å². The van der Waals surface area contributed by atoms with Crippen LogP contribution in [0.3, 0.4) is 0 Å². The van der Waals surface area contributed by atoms with Crippen LogP contribution in [0.4, 0.5) is 0 Å². The van der Waals surface area contributed by atoms with Crippen molar-refractivity contribution in [2.45, 2.75) is 0 Å². The number of aromatic nitrogens is 4. The standard InChI is InChI=1S/C14H9BrN4O2/c15-11-6-4-10(5-7-11)14(20)21-13-3-1-2-12(8-13)19-9-16-17-18-19/h1-9H. The fourth-order valence-corrected chi connectivity index (χ4v) is 1.99. The van der Waals surface area contributed by atoms with Crippen molar-refractivity contribution >= 4 is 21.9 Å². The molecule has 0 aliphatic heterocycles. The lowest BCUT2D eigenvalue weighted by Gasteiger charge is -2.06. The van der Waals surface area contributed by atoms with Gasteiger partial charge in [0.1, 0.15) is 12.1 Å². The molecule has 0 aliphatic rings. The SMILES string of the molecule is O=C(Oc1cccc(-n2cnnn2)c1)c1ccc(Br)cc1. The Morgan fingerprint density at radius 1 is 1.14 bits per heavy atom. The molecule has 21 heavy (non-hydrogen) atoms. The monoisotopic (exact) mass is 344 g/mol. The molecule has 0 spiro atoms. The number of nitrogens with zero attached hydrogens (tertiary/aromatic N) is 4. The molecular weight excluding hydrogens is 336 g/mol. The van der Waals surface area contributed by atoms with Crippen LogP contribution in [0.5, 0.6) is 5.75 Å². The van der Waals surface area contributed by atoms with Crippen LogP contribution in [-0.2, 0) is 0 Å². The summed E-state index contributed by atoms with van der Waals surface area (Å²) in [4.78, 5) is 12.0. The summed E-state index contributed by atoms with van der Waals surface area (Å²) >= 11 is 3.32. The first-order chi connectivity index (χ1) is 10.2. The lowest BCUT2D eigenvalue weighted by molar-refractivity contribution is 0.0735. The highest BCUT2D eigenvalue weighted by Gasteiger charge is 2.09. The molecule has 1 aromatic heterocycles. The van der Waals surface area contributed by atoms with E-state index in [1.807, 2.05) is 6.07 Å². The van der Waals surface area contributed by atoms with Crippen molar-refractivity contribution in [3.63, 3.8) is 0 Å². The first-order valence-electron chi connectivity index (χ1n) is 6.03. The summed E-state index contributed by atoms with van der Waals surface area (Å²) in [5.74, 6) is 0.00674. The number of benzene rings is 2. The number of carbonyl (C=O) groups excluding carboxylic acids is 1. The summed E-state index contributed by atoms with van der Waals surface area (Å²) in [5.41, 5.74) is 1.19. The summed E-state index contributed by atoms with van der Waals surface area (Å²) in [6, 6.07) is 13.9. The Bertz CT molecular complexity index is 757. The maximum absolute atomic E-state index is 12.0. The van der Waals surface area contributed by atoms with Crippen LogP contribution in [0, 0.1) is 0 Å². The van der Waals surface area contributed by atoms with Crippen LogP contribution in [-0.4, -0.2) is 26.2 Å². The van der Waals surface area contributed by atoms with Gasteiger partial charge in [0.05, 0.1) is 11.3 Å². The Morgan fingerprint density at radius 3 is 2.67 bits per heavy atom. The summed E-state index contributed by atoms with van der Waals surface area (Å²) in [7, 11) is 0. The van der Waals surface area contributed by atoms with Gasteiger partial charge < -0.3 is 4.74 Å². The van der Waals surface area contributed by atoms with Gasteiger partial charge in [-0.05, 0) is 46.8 Å². The molecule has 0 atom stereocenters. The molecule has 3 aromatic rings. The number of hydrogen-bond acceptors (Lipinski definition) is 5. The van der Waals surface area contributed by atoms with Crippen LogP contribution in [0.2, 0.25) is 0 Å². The molecule has 0 amide bonds. The molecule has 2 aromatic carbocycles. The Morgan fingerprint density at radius 2 is 1.95 bits per heavy atom. The molecule has 0 bridgehead atoms. The molecule has 0 unspecified atom stereocenters. The summed E-state index contributed by atoms with van der Waals surface area (Å²) in [6.07, 6.45) is 1.47. The Labute approximate surface area is 128 Å². The zero-order valence-electron chi connectivity index (χ0n) is 10.7. The molecule has 0 saturated carbocycles. The molecule has 1 heterocycles. The van der Waals surface area contributed by atoms with Crippen molar-refractivity contribution in [1.29, 1.82) is 0 Å². The topological polar surface area (TPSA) is 69.9 Å². The fourth-order valence-electron chi connectivity index (χ4n) is 1.72. The minimum Gasteiger partial charge on any atom is -0.423 e. The fraction of sp³-hybridized carbons (Fsp3) is 0. The largest absolute Gasteiger partial charge is 0.423 e. The average Bonchev–Trinajstić information content (AvgIpc) is 3.02. The first kappa shape index (κ1) is 13.4. The molecule has 7 heteroatoms. The second-order valence-corrected chi connectivity index (χ2v) is 5.06. The molecular formula is C14H9BrN4O2. The highest BCUT2D eigenvalue weighted by molar-refractivity contribution is 9.10. The van der Waals surface area contributed by atoms with E-state index in [2.05, 4.69) is 31.5 Å². The summed E-state index contributed by atoms with van der Waals surface area (Å²) in [5, 5.41) is 10.9. The van der Waals surface area contributed by atoms with Crippen molar-refractivity contribution < 1.29 is 9.53 Å². The molecule has 6 nitrogen and oxygen atoms in total. The number of halogens is 1. The summed E-state index contributed by atoms with van der Waals surface area (Å²) in [6.45, 7) is 0. The smallest absolute Gasteiger partial charge is 0.343 e. The molecule has 0 aliphatic carbocycles. The number of tetrazole rings is 1. The number of carbonyl (C=O) groups is 1. The Hall–Kier alpha value is -2.54. The third kappa shape index (κ3) is 3.14. The van der Waals surface area contributed by atoms with Crippen LogP contribution in [0.15, 0.2) is 59.3 Å². The lowest BCUT2D eigenvalue weighted by Crippen LogP contribution is -2.08. The minimum atomic E-state index is -0.420. The first-order valence-corrected chi connectivity index (χ1v) is 6.83. The predicted molar refractivity (Wildman–Crippen MR) is 78.3 cm³/mol. The average molecular weight is 345 g/mol. The van der Waals surface area contributed by atoms with Crippen LogP contribution < -0.4 is 4.74 Å². The van der Waals surface area contributed by atoms with E-state index < -0.39 is 5.97 Å². The maximum Gasteiger partial charge on any atom is 0.343 e. The van der Waals surface area contributed by atoms with E-state index in [4.69, 9.17) is 4.74 Å². The van der Waals surface area contributed by atoms with Gasteiger partial charge in [-0.2, -0.15) is 0 Å². The van der Waals surface area contributed by atoms with Crippen LogP contribution in [0.25, 0.3) is 5.69 Å². The molecule has 104 valence electrons. The molecule has 3 rings (SSSR count). The van der Waals surface area contributed by atoms with E-state index >= 15 is 0 Å². The Balaban J connectivity index is 1.80. The highest BCUT2D eigenvalue weighted by Crippen LogP contribution is 2.18. The van der Waals surface area contributed by atoms with Gasteiger partial charge in [0.2, 0.25) is 0 Å². The minimum absolute atomic E-state index is 0.420. The second-order valence-electron chi connectivity index (χ2n) is 4.15. The Kier molecular flexibility index (Phi) is 3.74. The number of esters is 1.